The molecule has 100 valence electrons. The van der Waals surface area contributed by atoms with Gasteiger partial charge in [-0.1, -0.05) is 20.8 Å². The Morgan fingerprint density at radius 2 is 2.11 bits per heavy atom. The Bertz CT molecular complexity index is 400. The lowest BCUT2D eigenvalue weighted by molar-refractivity contribution is -0.112. The number of hydrogen-bond acceptors (Lipinski definition) is 4. The van der Waals surface area contributed by atoms with Crippen LogP contribution >= 0.6 is 11.3 Å². The summed E-state index contributed by atoms with van der Waals surface area (Å²) in [5, 5.41) is 3.38. The normalized spacial score (nSPS) is 19.1. The third-order valence-electron chi connectivity index (χ3n) is 3.40. The average molecular weight is 266 g/mol. The van der Waals surface area contributed by atoms with Gasteiger partial charge in [-0.2, -0.15) is 0 Å². The van der Waals surface area contributed by atoms with Crippen molar-refractivity contribution in [1.29, 1.82) is 0 Å². The van der Waals surface area contributed by atoms with Gasteiger partial charge in [-0.15, -0.1) is 11.3 Å². The number of aromatic nitrogens is 1. The summed E-state index contributed by atoms with van der Waals surface area (Å²) in [5.41, 5.74) is 1.32. The van der Waals surface area contributed by atoms with Crippen LogP contribution in [0.15, 0.2) is 5.38 Å². The van der Waals surface area contributed by atoms with Gasteiger partial charge in [0.25, 0.3) is 0 Å². The minimum Gasteiger partial charge on any atom is -0.303 e. The van der Waals surface area contributed by atoms with Gasteiger partial charge in [-0.05, 0) is 25.9 Å². The summed E-state index contributed by atoms with van der Waals surface area (Å²) in [5.74, 6) is 0.279. The van der Waals surface area contributed by atoms with Crippen molar-refractivity contribution in [3.63, 3.8) is 0 Å². The van der Waals surface area contributed by atoms with Crippen LogP contribution in [0.4, 0.5) is 0 Å². The molecule has 0 bridgehead atoms. The molecule has 2 rings (SSSR count). The van der Waals surface area contributed by atoms with E-state index in [1.165, 1.54) is 10.7 Å². The zero-order valence-electron chi connectivity index (χ0n) is 11.5. The van der Waals surface area contributed by atoms with Crippen LogP contribution in [0.1, 0.15) is 44.3 Å². The van der Waals surface area contributed by atoms with E-state index < -0.39 is 0 Å². The van der Waals surface area contributed by atoms with E-state index in [1.54, 1.807) is 11.3 Å². The van der Waals surface area contributed by atoms with Crippen LogP contribution in [0, 0.1) is 5.92 Å². The van der Waals surface area contributed by atoms with E-state index in [9.17, 15) is 4.79 Å². The van der Waals surface area contributed by atoms with Gasteiger partial charge in [0.1, 0.15) is 6.29 Å². The molecule has 3 nitrogen and oxygen atoms in total. The summed E-state index contributed by atoms with van der Waals surface area (Å²) >= 11 is 1.76. The van der Waals surface area contributed by atoms with Crippen molar-refractivity contribution in [2.75, 3.05) is 13.1 Å². The van der Waals surface area contributed by atoms with Crippen molar-refractivity contribution in [3.8, 4) is 0 Å². The molecule has 0 amide bonds. The van der Waals surface area contributed by atoms with E-state index in [-0.39, 0.29) is 11.3 Å². The molecule has 1 aromatic heterocycles. The molecule has 0 N–H and O–H groups in total. The molecule has 18 heavy (non-hydrogen) atoms. The molecule has 0 aromatic carbocycles. The van der Waals surface area contributed by atoms with Crippen LogP contribution in [-0.2, 0) is 16.8 Å². The maximum Gasteiger partial charge on any atom is 0.123 e. The first-order chi connectivity index (χ1) is 8.49. The first-order valence-electron chi connectivity index (χ1n) is 6.61. The second-order valence-corrected chi connectivity index (χ2v) is 7.00. The minimum absolute atomic E-state index is 0.146. The van der Waals surface area contributed by atoms with Crippen LogP contribution in [0.3, 0.4) is 0 Å². The van der Waals surface area contributed by atoms with Crippen molar-refractivity contribution in [1.82, 2.24) is 9.88 Å². The van der Waals surface area contributed by atoms with Gasteiger partial charge < -0.3 is 4.79 Å². The lowest BCUT2D eigenvalue weighted by Crippen LogP contribution is -2.33. The molecule has 2 heterocycles. The SMILES string of the molecule is CC(C)(C)c1nc(CN2CCC(C=O)CC2)cs1. The van der Waals surface area contributed by atoms with Crippen LogP contribution < -0.4 is 0 Å². The highest BCUT2D eigenvalue weighted by Crippen LogP contribution is 2.26. The Balaban J connectivity index is 1.91. The van der Waals surface area contributed by atoms with Crippen molar-refractivity contribution in [2.45, 2.75) is 45.6 Å². The first-order valence-corrected chi connectivity index (χ1v) is 7.49. The van der Waals surface area contributed by atoms with Gasteiger partial charge in [0.15, 0.2) is 0 Å². The summed E-state index contributed by atoms with van der Waals surface area (Å²) < 4.78 is 0. The molecule has 1 fully saturated rings. The van der Waals surface area contributed by atoms with E-state index in [2.05, 4.69) is 31.1 Å². The fourth-order valence-corrected chi connectivity index (χ4v) is 3.10. The first kappa shape index (κ1) is 13.7. The van der Waals surface area contributed by atoms with Crippen LogP contribution in [-0.4, -0.2) is 29.3 Å². The van der Waals surface area contributed by atoms with Gasteiger partial charge in [-0.3, -0.25) is 4.90 Å². The maximum atomic E-state index is 10.7. The average Bonchev–Trinajstić information content (AvgIpc) is 2.78. The van der Waals surface area contributed by atoms with E-state index in [4.69, 9.17) is 4.98 Å². The summed E-state index contributed by atoms with van der Waals surface area (Å²) in [6, 6.07) is 0. The maximum absolute atomic E-state index is 10.7. The van der Waals surface area contributed by atoms with E-state index in [0.29, 0.717) is 0 Å². The van der Waals surface area contributed by atoms with Crippen molar-refractivity contribution in [3.05, 3.63) is 16.1 Å². The van der Waals surface area contributed by atoms with Gasteiger partial charge in [0.05, 0.1) is 10.7 Å². The Kier molecular flexibility index (Phi) is 4.17. The number of rotatable bonds is 3. The Morgan fingerprint density at radius 3 is 2.61 bits per heavy atom. The standard InChI is InChI=1S/C14H22N2OS/c1-14(2,3)13-15-12(10-18-13)8-16-6-4-11(9-17)5-7-16/h9-11H,4-8H2,1-3H3. The Labute approximate surface area is 113 Å². The highest BCUT2D eigenvalue weighted by atomic mass is 32.1. The number of carbonyl (C=O) groups excluding carboxylic acids is 1. The summed E-state index contributed by atoms with van der Waals surface area (Å²) in [6.45, 7) is 9.57. The van der Waals surface area contributed by atoms with Gasteiger partial charge in [0.2, 0.25) is 0 Å². The second kappa shape index (κ2) is 5.49. The number of hydrogen-bond donors (Lipinski definition) is 0. The predicted octanol–water partition coefficient (Wildman–Crippen LogP) is 2.85. The zero-order valence-corrected chi connectivity index (χ0v) is 12.3. The molecule has 1 aromatic rings. The lowest BCUT2D eigenvalue weighted by Gasteiger charge is -2.28. The van der Waals surface area contributed by atoms with Crippen molar-refractivity contribution >= 4 is 17.6 Å². The molecule has 1 aliphatic heterocycles. The largest absolute Gasteiger partial charge is 0.303 e. The second-order valence-electron chi connectivity index (χ2n) is 6.14. The molecule has 4 heteroatoms. The van der Waals surface area contributed by atoms with Crippen LogP contribution in [0.5, 0.6) is 0 Å². The molecule has 0 aliphatic carbocycles. The summed E-state index contributed by atoms with van der Waals surface area (Å²) in [4.78, 5) is 17.8. The van der Waals surface area contributed by atoms with Gasteiger partial charge in [0, 0.05) is 23.3 Å². The molecule has 1 saturated heterocycles. The topological polar surface area (TPSA) is 33.2 Å². The van der Waals surface area contributed by atoms with E-state index >= 15 is 0 Å². The van der Waals surface area contributed by atoms with Crippen molar-refractivity contribution < 1.29 is 4.79 Å². The van der Waals surface area contributed by atoms with Crippen molar-refractivity contribution in [2.24, 2.45) is 5.92 Å². The highest BCUT2D eigenvalue weighted by molar-refractivity contribution is 7.09. The Morgan fingerprint density at radius 1 is 1.44 bits per heavy atom. The third-order valence-corrected chi connectivity index (χ3v) is 4.72. The molecule has 1 aliphatic rings. The number of likely N-dealkylation sites (tertiary alicyclic amines) is 1. The monoisotopic (exact) mass is 266 g/mol. The molecule has 0 atom stereocenters. The minimum atomic E-state index is 0.146. The number of thiazole rings is 1. The smallest absolute Gasteiger partial charge is 0.123 e. The Hall–Kier alpha value is -0.740. The highest BCUT2D eigenvalue weighted by Gasteiger charge is 2.21. The molecular weight excluding hydrogens is 244 g/mol. The van der Waals surface area contributed by atoms with Gasteiger partial charge >= 0.3 is 0 Å². The fourth-order valence-electron chi connectivity index (χ4n) is 2.20. The quantitative estimate of drug-likeness (QED) is 0.789. The number of nitrogens with zero attached hydrogens (tertiary/aromatic N) is 2. The number of aldehydes is 1. The predicted molar refractivity (Wildman–Crippen MR) is 74.9 cm³/mol. The number of carbonyl (C=O) groups is 1. The lowest BCUT2D eigenvalue weighted by atomic mass is 9.98. The van der Waals surface area contributed by atoms with Gasteiger partial charge in [-0.25, -0.2) is 4.98 Å². The van der Waals surface area contributed by atoms with Crippen LogP contribution in [0.25, 0.3) is 0 Å². The molecule has 0 saturated carbocycles. The summed E-state index contributed by atoms with van der Waals surface area (Å²) in [6.07, 6.45) is 3.11. The fraction of sp³-hybridized carbons (Fsp3) is 0.714. The zero-order chi connectivity index (χ0) is 13.2. The number of piperidine rings is 1. The molecule has 0 unspecified atom stereocenters. The van der Waals surface area contributed by atoms with E-state index in [0.717, 1.165) is 38.8 Å². The van der Waals surface area contributed by atoms with E-state index in [1.807, 2.05) is 0 Å². The summed E-state index contributed by atoms with van der Waals surface area (Å²) in [7, 11) is 0. The molecular formula is C14H22N2OS. The molecule has 0 spiro atoms. The van der Waals surface area contributed by atoms with Crippen LogP contribution in [0.2, 0.25) is 0 Å². The third kappa shape index (κ3) is 3.39. The molecule has 0 radical (unpaired) electrons.